The standard InChI is InChI=1S/C16H15N3O4/c1-11(12-6-3-2-4-7-12)17-15(20)16(21)18-13-8-5-9-14(10-13)19(22)23/h2-11H,1H3,(H,17,20)(H,18,21). The number of anilines is 1. The number of nitro benzene ring substituents is 1. The Bertz CT molecular complexity index is 731. The van der Waals surface area contributed by atoms with Gasteiger partial charge in [-0.25, -0.2) is 0 Å². The second-order valence-electron chi connectivity index (χ2n) is 4.87. The van der Waals surface area contributed by atoms with Crippen molar-refractivity contribution in [2.45, 2.75) is 13.0 Å². The van der Waals surface area contributed by atoms with Gasteiger partial charge >= 0.3 is 11.8 Å². The molecule has 0 saturated carbocycles. The van der Waals surface area contributed by atoms with Crippen molar-refractivity contribution >= 4 is 23.2 Å². The van der Waals surface area contributed by atoms with Crippen LogP contribution in [-0.4, -0.2) is 16.7 Å². The van der Waals surface area contributed by atoms with Gasteiger partial charge in [-0.05, 0) is 18.6 Å². The van der Waals surface area contributed by atoms with E-state index in [4.69, 9.17) is 0 Å². The maximum absolute atomic E-state index is 11.9. The molecule has 2 aromatic carbocycles. The minimum absolute atomic E-state index is 0.166. The van der Waals surface area contributed by atoms with Gasteiger partial charge in [0.05, 0.1) is 11.0 Å². The van der Waals surface area contributed by atoms with Crippen molar-refractivity contribution in [3.63, 3.8) is 0 Å². The Labute approximate surface area is 132 Å². The minimum Gasteiger partial charge on any atom is -0.341 e. The Morgan fingerprint density at radius 2 is 1.74 bits per heavy atom. The number of rotatable bonds is 4. The summed E-state index contributed by atoms with van der Waals surface area (Å²) in [7, 11) is 0. The number of nitrogens with one attached hydrogen (secondary N) is 2. The highest BCUT2D eigenvalue weighted by Gasteiger charge is 2.18. The monoisotopic (exact) mass is 313 g/mol. The Morgan fingerprint density at radius 3 is 2.39 bits per heavy atom. The first-order chi connectivity index (χ1) is 11.0. The van der Waals surface area contributed by atoms with Crippen LogP contribution in [0.5, 0.6) is 0 Å². The van der Waals surface area contributed by atoms with E-state index < -0.39 is 16.7 Å². The van der Waals surface area contributed by atoms with Gasteiger partial charge in [-0.15, -0.1) is 0 Å². The Kier molecular flexibility index (Phi) is 5.03. The molecule has 7 nitrogen and oxygen atoms in total. The van der Waals surface area contributed by atoms with Crippen LogP contribution in [0, 0.1) is 10.1 Å². The van der Waals surface area contributed by atoms with Crippen molar-refractivity contribution in [3.8, 4) is 0 Å². The number of hydrogen-bond acceptors (Lipinski definition) is 4. The Morgan fingerprint density at radius 1 is 1.04 bits per heavy atom. The summed E-state index contributed by atoms with van der Waals surface area (Å²) in [6.45, 7) is 1.76. The van der Waals surface area contributed by atoms with Crippen LogP contribution in [-0.2, 0) is 9.59 Å². The summed E-state index contributed by atoms with van der Waals surface area (Å²) in [5.41, 5.74) is 0.886. The normalized spacial score (nSPS) is 11.3. The van der Waals surface area contributed by atoms with E-state index in [1.54, 1.807) is 6.92 Å². The van der Waals surface area contributed by atoms with Crippen LogP contribution in [0.4, 0.5) is 11.4 Å². The zero-order valence-corrected chi connectivity index (χ0v) is 12.4. The molecule has 118 valence electrons. The van der Waals surface area contributed by atoms with Crippen molar-refractivity contribution in [2.24, 2.45) is 0 Å². The van der Waals surface area contributed by atoms with Crippen molar-refractivity contribution in [1.82, 2.24) is 5.32 Å². The fourth-order valence-corrected chi connectivity index (χ4v) is 1.97. The van der Waals surface area contributed by atoms with Crippen LogP contribution in [0.1, 0.15) is 18.5 Å². The maximum atomic E-state index is 11.9. The van der Waals surface area contributed by atoms with E-state index in [1.165, 1.54) is 24.3 Å². The molecule has 0 heterocycles. The van der Waals surface area contributed by atoms with Gasteiger partial charge in [0.15, 0.2) is 0 Å². The van der Waals surface area contributed by atoms with Crippen LogP contribution in [0.25, 0.3) is 0 Å². The first-order valence-electron chi connectivity index (χ1n) is 6.88. The maximum Gasteiger partial charge on any atom is 0.313 e. The molecule has 0 radical (unpaired) electrons. The van der Waals surface area contributed by atoms with Gasteiger partial charge in [-0.1, -0.05) is 36.4 Å². The number of hydrogen-bond donors (Lipinski definition) is 2. The van der Waals surface area contributed by atoms with Gasteiger partial charge in [0.25, 0.3) is 5.69 Å². The third-order valence-electron chi connectivity index (χ3n) is 3.17. The summed E-state index contributed by atoms with van der Waals surface area (Å²) in [6, 6.07) is 14.2. The summed E-state index contributed by atoms with van der Waals surface area (Å²) in [5, 5.41) is 15.6. The van der Waals surface area contributed by atoms with E-state index in [9.17, 15) is 19.7 Å². The zero-order valence-electron chi connectivity index (χ0n) is 12.4. The molecule has 0 aliphatic rings. The molecule has 0 aliphatic carbocycles. The quantitative estimate of drug-likeness (QED) is 0.514. The fraction of sp³-hybridized carbons (Fsp3) is 0.125. The molecule has 0 saturated heterocycles. The topological polar surface area (TPSA) is 101 Å². The summed E-state index contributed by atoms with van der Waals surface area (Å²) in [5.74, 6) is -1.69. The van der Waals surface area contributed by atoms with Crippen LogP contribution < -0.4 is 10.6 Å². The summed E-state index contributed by atoms with van der Waals surface area (Å²) < 4.78 is 0. The van der Waals surface area contributed by atoms with E-state index in [1.807, 2.05) is 30.3 Å². The first kappa shape index (κ1) is 16.2. The summed E-state index contributed by atoms with van der Waals surface area (Å²) >= 11 is 0. The van der Waals surface area contributed by atoms with E-state index in [2.05, 4.69) is 10.6 Å². The summed E-state index contributed by atoms with van der Waals surface area (Å²) in [4.78, 5) is 33.9. The molecule has 0 spiro atoms. The first-order valence-corrected chi connectivity index (χ1v) is 6.88. The number of nitrogens with zero attached hydrogens (tertiary/aromatic N) is 1. The molecule has 2 amide bonds. The lowest BCUT2D eigenvalue weighted by Gasteiger charge is -2.14. The molecule has 1 unspecified atom stereocenters. The third-order valence-corrected chi connectivity index (χ3v) is 3.17. The van der Waals surface area contributed by atoms with Crippen LogP contribution in [0.3, 0.4) is 0 Å². The Hall–Kier alpha value is -3.22. The fourth-order valence-electron chi connectivity index (χ4n) is 1.97. The molecule has 0 aromatic heterocycles. The lowest BCUT2D eigenvalue weighted by Crippen LogP contribution is -2.36. The molecule has 23 heavy (non-hydrogen) atoms. The van der Waals surface area contributed by atoms with Crippen molar-refractivity contribution < 1.29 is 14.5 Å². The molecule has 2 aromatic rings. The van der Waals surface area contributed by atoms with Crippen LogP contribution >= 0.6 is 0 Å². The van der Waals surface area contributed by atoms with Gasteiger partial charge in [0, 0.05) is 17.8 Å². The molecule has 7 heteroatoms. The van der Waals surface area contributed by atoms with Gasteiger partial charge in [0.1, 0.15) is 0 Å². The zero-order chi connectivity index (χ0) is 16.8. The predicted molar refractivity (Wildman–Crippen MR) is 84.7 cm³/mol. The number of nitro groups is 1. The highest BCUT2D eigenvalue weighted by molar-refractivity contribution is 6.39. The number of amides is 2. The van der Waals surface area contributed by atoms with E-state index >= 15 is 0 Å². The SMILES string of the molecule is CC(NC(=O)C(=O)Nc1cccc([N+](=O)[O-])c1)c1ccccc1. The lowest BCUT2D eigenvalue weighted by molar-refractivity contribution is -0.384. The van der Waals surface area contributed by atoms with Crippen molar-refractivity contribution in [1.29, 1.82) is 0 Å². The van der Waals surface area contributed by atoms with E-state index in [0.29, 0.717) is 0 Å². The molecule has 0 aliphatic heterocycles. The van der Waals surface area contributed by atoms with Crippen LogP contribution in [0.2, 0.25) is 0 Å². The average molecular weight is 313 g/mol. The van der Waals surface area contributed by atoms with Gasteiger partial charge in [0.2, 0.25) is 0 Å². The predicted octanol–water partition coefficient (Wildman–Crippen LogP) is 2.41. The molecular weight excluding hydrogens is 298 g/mol. The molecule has 0 bridgehead atoms. The van der Waals surface area contributed by atoms with Gasteiger partial charge in [-0.2, -0.15) is 0 Å². The molecule has 2 N–H and O–H groups in total. The third kappa shape index (κ3) is 4.37. The summed E-state index contributed by atoms with van der Waals surface area (Å²) in [6.07, 6.45) is 0. The molecular formula is C16H15N3O4. The van der Waals surface area contributed by atoms with E-state index in [0.717, 1.165) is 5.56 Å². The number of carbonyl (C=O) groups is 2. The number of benzene rings is 2. The molecule has 1 atom stereocenters. The lowest BCUT2D eigenvalue weighted by atomic mass is 10.1. The highest BCUT2D eigenvalue weighted by Crippen LogP contribution is 2.17. The largest absolute Gasteiger partial charge is 0.341 e. The average Bonchev–Trinajstić information content (AvgIpc) is 2.55. The van der Waals surface area contributed by atoms with Gasteiger partial charge in [-0.3, -0.25) is 19.7 Å². The van der Waals surface area contributed by atoms with E-state index in [-0.39, 0.29) is 17.4 Å². The second kappa shape index (κ2) is 7.17. The Balaban J connectivity index is 1.99. The smallest absolute Gasteiger partial charge is 0.313 e. The van der Waals surface area contributed by atoms with Crippen LogP contribution in [0.15, 0.2) is 54.6 Å². The molecule has 2 rings (SSSR count). The van der Waals surface area contributed by atoms with Crippen molar-refractivity contribution in [2.75, 3.05) is 5.32 Å². The van der Waals surface area contributed by atoms with Gasteiger partial charge < -0.3 is 10.6 Å². The highest BCUT2D eigenvalue weighted by atomic mass is 16.6. The number of non-ortho nitro benzene ring substituents is 1. The molecule has 0 fully saturated rings. The minimum atomic E-state index is -0.881. The van der Waals surface area contributed by atoms with Crippen molar-refractivity contribution in [3.05, 3.63) is 70.3 Å². The second-order valence-corrected chi connectivity index (χ2v) is 4.87. The number of carbonyl (C=O) groups excluding carboxylic acids is 2.